The molecule has 2 rings (SSSR count). The molecule has 7 nitrogen and oxygen atoms in total. The minimum absolute atomic E-state index is 0.0551. The third-order valence-electron chi connectivity index (χ3n) is 2.69. The number of H-pyrrole nitrogens is 1. The lowest BCUT2D eigenvalue weighted by Crippen LogP contribution is -2.58. The van der Waals surface area contributed by atoms with Crippen LogP contribution < -0.4 is 15.8 Å². The van der Waals surface area contributed by atoms with E-state index in [1.807, 2.05) is 0 Å². The monoisotopic (exact) mass is 270 g/mol. The number of anilines is 1. The summed E-state index contributed by atoms with van der Waals surface area (Å²) < 4.78 is 0. The number of halogens is 1. The number of nitrogens with one attached hydrogen (secondary N) is 2. The first-order valence-electron chi connectivity index (χ1n) is 5.38. The first kappa shape index (κ1) is 12.6. The Kier molecular flexibility index (Phi) is 3.33. The lowest BCUT2D eigenvalue weighted by Gasteiger charge is -2.34. The zero-order chi connectivity index (χ0) is 13.3. The summed E-state index contributed by atoms with van der Waals surface area (Å²) in [6, 6.07) is -0.561. The van der Waals surface area contributed by atoms with Crippen molar-refractivity contribution in [3.63, 3.8) is 0 Å². The summed E-state index contributed by atoms with van der Waals surface area (Å²) in [5.41, 5.74) is -0.505. The molecule has 2 heterocycles. The van der Waals surface area contributed by atoms with Gasteiger partial charge in [-0.15, -0.1) is 0 Å². The van der Waals surface area contributed by atoms with Gasteiger partial charge in [-0.2, -0.15) is 0 Å². The highest BCUT2D eigenvalue weighted by Crippen LogP contribution is 2.23. The van der Waals surface area contributed by atoms with Crippen molar-refractivity contribution in [3.8, 4) is 0 Å². The molecule has 2 N–H and O–H groups in total. The first-order valence-corrected chi connectivity index (χ1v) is 5.76. The number of hydrogen-bond acceptors (Lipinski definition) is 5. The van der Waals surface area contributed by atoms with Crippen molar-refractivity contribution in [3.05, 3.63) is 21.7 Å². The predicted molar refractivity (Wildman–Crippen MR) is 64.4 cm³/mol. The van der Waals surface area contributed by atoms with Gasteiger partial charge in [0.15, 0.2) is 5.82 Å². The number of nitrogens with zero attached hydrogens (tertiary/aromatic N) is 2. The Morgan fingerprint density at radius 3 is 2.89 bits per heavy atom. The highest BCUT2D eigenvalue weighted by atomic mass is 35.5. The topological polar surface area (TPSA) is 95.2 Å². The molecule has 0 radical (unpaired) electrons. The van der Waals surface area contributed by atoms with Crippen LogP contribution in [0.1, 0.15) is 13.3 Å². The maximum atomic E-state index is 11.7. The van der Waals surface area contributed by atoms with Crippen LogP contribution in [0.5, 0.6) is 0 Å². The number of amides is 2. The summed E-state index contributed by atoms with van der Waals surface area (Å²) in [5.74, 6) is -0.704. The molecule has 0 bridgehead atoms. The Bertz CT molecular complexity index is 556. The van der Waals surface area contributed by atoms with Crippen LogP contribution in [0.2, 0.25) is 5.02 Å². The minimum Gasteiger partial charge on any atom is -0.334 e. The lowest BCUT2D eigenvalue weighted by atomic mass is 10.1. The lowest BCUT2D eigenvalue weighted by molar-refractivity contribution is -0.132. The molecule has 18 heavy (non-hydrogen) atoms. The number of imide groups is 1. The van der Waals surface area contributed by atoms with Crippen molar-refractivity contribution >= 4 is 29.2 Å². The summed E-state index contributed by atoms with van der Waals surface area (Å²) >= 11 is 5.85. The maximum Gasteiger partial charge on any atom is 0.271 e. The molecule has 96 valence electrons. The number of rotatable bonds is 2. The van der Waals surface area contributed by atoms with E-state index in [4.69, 9.17) is 11.6 Å². The number of hydrogen-bond donors (Lipinski definition) is 2. The van der Waals surface area contributed by atoms with E-state index in [-0.39, 0.29) is 17.4 Å². The van der Waals surface area contributed by atoms with Crippen LogP contribution in [0, 0.1) is 0 Å². The largest absolute Gasteiger partial charge is 0.334 e. The Morgan fingerprint density at radius 1 is 1.50 bits per heavy atom. The van der Waals surface area contributed by atoms with E-state index in [2.05, 4.69) is 15.3 Å². The highest BCUT2D eigenvalue weighted by Gasteiger charge is 2.34. The number of carbonyl (C=O) groups excluding carboxylic acids is 2. The van der Waals surface area contributed by atoms with E-state index in [0.717, 1.165) is 0 Å². The van der Waals surface area contributed by atoms with Gasteiger partial charge in [0.1, 0.15) is 11.1 Å². The van der Waals surface area contributed by atoms with Gasteiger partial charge in [-0.25, -0.2) is 4.98 Å². The average molecular weight is 271 g/mol. The molecule has 1 atom stereocenters. The van der Waals surface area contributed by atoms with E-state index < -0.39 is 23.4 Å². The van der Waals surface area contributed by atoms with Gasteiger partial charge in [0.2, 0.25) is 11.8 Å². The molecule has 0 spiro atoms. The predicted octanol–water partition coefficient (Wildman–Crippen LogP) is -0.335. The molecule has 2 amide bonds. The zero-order valence-electron chi connectivity index (χ0n) is 9.57. The van der Waals surface area contributed by atoms with E-state index in [1.54, 1.807) is 6.92 Å². The molecule has 8 heteroatoms. The second-order valence-corrected chi connectivity index (χ2v) is 4.21. The third kappa shape index (κ3) is 2.08. The number of piperazine rings is 1. The normalized spacial score (nSPS) is 19.9. The van der Waals surface area contributed by atoms with Crippen LogP contribution in [-0.2, 0) is 9.59 Å². The molecule has 0 saturated carbocycles. The molecule has 1 saturated heterocycles. The van der Waals surface area contributed by atoms with Crippen LogP contribution in [0.4, 0.5) is 5.82 Å². The van der Waals surface area contributed by atoms with Crippen LogP contribution in [0.3, 0.4) is 0 Å². The number of aromatic nitrogens is 2. The fourth-order valence-corrected chi connectivity index (χ4v) is 2.08. The van der Waals surface area contributed by atoms with Crippen molar-refractivity contribution in [1.82, 2.24) is 15.3 Å². The average Bonchev–Trinajstić information content (AvgIpc) is 2.32. The fourth-order valence-electron chi connectivity index (χ4n) is 1.87. The molecular formula is C10H11ClN4O3. The molecule has 1 aliphatic heterocycles. The van der Waals surface area contributed by atoms with Gasteiger partial charge in [-0.1, -0.05) is 18.5 Å². The molecule has 1 unspecified atom stereocenters. The van der Waals surface area contributed by atoms with Crippen molar-refractivity contribution in [2.24, 2.45) is 0 Å². The SMILES string of the molecule is CCC1C(=O)NC(=O)CN1c1nc[nH]c(=O)c1Cl. The van der Waals surface area contributed by atoms with Gasteiger partial charge in [0.25, 0.3) is 5.56 Å². The number of aromatic amines is 1. The Hall–Kier alpha value is -1.89. The van der Waals surface area contributed by atoms with Crippen molar-refractivity contribution in [2.75, 3.05) is 11.4 Å². The molecule has 0 aliphatic carbocycles. The Labute approximate surface area is 107 Å². The second kappa shape index (κ2) is 4.77. The van der Waals surface area contributed by atoms with Crippen LogP contribution in [0.25, 0.3) is 0 Å². The summed E-state index contributed by atoms with van der Waals surface area (Å²) in [6.07, 6.45) is 1.66. The molecule has 1 aromatic rings. The van der Waals surface area contributed by atoms with Crippen molar-refractivity contribution in [2.45, 2.75) is 19.4 Å². The van der Waals surface area contributed by atoms with E-state index in [9.17, 15) is 14.4 Å². The third-order valence-corrected chi connectivity index (χ3v) is 3.03. The molecule has 1 aromatic heterocycles. The Balaban J connectivity index is 2.46. The maximum absolute atomic E-state index is 11.7. The summed E-state index contributed by atoms with van der Waals surface area (Å²) in [7, 11) is 0. The Morgan fingerprint density at radius 2 is 2.22 bits per heavy atom. The van der Waals surface area contributed by atoms with E-state index in [0.29, 0.717) is 6.42 Å². The molecule has 0 aromatic carbocycles. The smallest absolute Gasteiger partial charge is 0.271 e. The first-order chi connectivity index (χ1) is 8.54. The molecular weight excluding hydrogens is 260 g/mol. The van der Waals surface area contributed by atoms with Crippen LogP contribution >= 0.6 is 11.6 Å². The van der Waals surface area contributed by atoms with Crippen molar-refractivity contribution in [1.29, 1.82) is 0 Å². The summed E-state index contributed by atoms with van der Waals surface area (Å²) in [4.78, 5) is 42.2. The fraction of sp³-hybridized carbons (Fsp3) is 0.400. The highest BCUT2D eigenvalue weighted by molar-refractivity contribution is 6.32. The summed E-state index contributed by atoms with van der Waals surface area (Å²) in [5, 5.41) is 2.11. The molecule has 1 fully saturated rings. The zero-order valence-corrected chi connectivity index (χ0v) is 10.3. The van der Waals surface area contributed by atoms with Gasteiger partial charge in [-0.05, 0) is 6.42 Å². The van der Waals surface area contributed by atoms with Gasteiger partial charge < -0.3 is 9.88 Å². The standard InChI is InChI=1S/C10H11ClN4O3/c1-2-5-9(17)14-6(16)3-15(5)8-7(11)10(18)13-4-12-8/h4-5H,2-3H2,1H3,(H,12,13,18)(H,14,16,17). The van der Waals surface area contributed by atoms with Gasteiger partial charge >= 0.3 is 0 Å². The van der Waals surface area contributed by atoms with Gasteiger partial charge in [0.05, 0.1) is 12.9 Å². The van der Waals surface area contributed by atoms with Gasteiger partial charge in [0, 0.05) is 0 Å². The van der Waals surface area contributed by atoms with Crippen molar-refractivity contribution < 1.29 is 9.59 Å². The van der Waals surface area contributed by atoms with E-state index in [1.165, 1.54) is 11.2 Å². The number of carbonyl (C=O) groups is 2. The van der Waals surface area contributed by atoms with E-state index >= 15 is 0 Å². The minimum atomic E-state index is -0.561. The second-order valence-electron chi connectivity index (χ2n) is 3.83. The van der Waals surface area contributed by atoms with Crippen LogP contribution in [-0.4, -0.2) is 34.4 Å². The quantitative estimate of drug-likeness (QED) is 0.717. The van der Waals surface area contributed by atoms with Crippen LogP contribution in [0.15, 0.2) is 11.1 Å². The van der Waals surface area contributed by atoms with Gasteiger partial charge in [-0.3, -0.25) is 19.7 Å². The molecule has 1 aliphatic rings. The summed E-state index contributed by atoms with van der Waals surface area (Å²) in [6.45, 7) is 1.74.